The average molecular weight is 276 g/mol. The molecule has 1 aliphatic rings. The normalized spacial score (nSPS) is 23.4. The lowest BCUT2D eigenvalue weighted by Gasteiger charge is -2.12. The molecule has 2 N–H and O–H groups in total. The van der Waals surface area contributed by atoms with Gasteiger partial charge in [0, 0.05) is 6.54 Å². The predicted octanol–water partition coefficient (Wildman–Crippen LogP) is 2.55. The van der Waals surface area contributed by atoms with Gasteiger partial charge in [0.15, 0.2) is 0 Å². The maximum Gasteiger partial charge on any atom is 0.573 e. The van der Waals surface area contributed by atoms with Gasteiger partial charge in [-0.2, -0.15) is 0 Å². The van der Waals surface area contributed by atoms with E-state index in [1.54, 1.807) is 0 Å². The largest absolute Gasteiger partial charge is 0.573 e. The van der Waals surface area contributed by atoms with Gasteiger partial charge >= 0.3 is 6.36 Å². The van der Waals surface area contributed by atoms with Crippen LogP contribution in [0.1, 0.15) is 19.3 Å². The van der Waals surface area contributed by atoms with Gasteiger partial charge in [-0.25, -0.2) is 4.98 Å². The van der Waals surface area contributed by atoms with Crippen LogP contribution in [0.4, 0.5) is 19.0 Å². The summed E-state index contributed by atoms with van der Waals surface area (Å²) in [6.07, 6.45) is -1.40. The molecule has 0 aromatic carbocycles. The molecule has 0 aliphatic heterocycles. The summed E-state index contributed by atoms with van der Waals surface area (Å²) in [7, 11) is 0. The zero-order valence-corrected chi connectivity index (χ0v) is 10.2. The Bertz CT molecular complexity index is 408. The van der Waals surface area contributed by atoms with Crippen LogP contribution < -0.4 is 10.1 Å². The molecule has 1 aromatic heterocycles. The van der Waals surface area contributed by atoms with Gasteiger partial charge in [0.2, 0.25) is 0 Å². The molecule has 106 valence electrons. The Morgan fingerprint density at radius 2 is 2.16 bits per heavy atom. The molecule has 1 fully saturated rings. The van der Waals surface area contributed by atoms with Crippen LogP contribution in [-0.4, -0.2) is 29.1 Å². The van der Waals surface area contributed by atoms with Crippen LogP contribution in [-0.2, 0) is 0 Å². The van der Waals surface area contributed by atoms with Crippen molar-refractivity contribution in [1.29, 1.82) is 0 Å². The monoisotopic (exact) mass is 276 g/mol. The second kappa shape index (κ2) is 5.64. The fourth-order valence-electron chi connectivity index (χ4n) is 2.16. The van der Waals surface area contributed by atoms with Crippen molar-refractivity contribution in [1.82, 2.24) is 4.98 Å². The second-order valence-electron chi connectivity index (χ2n) is 4.64. The van der Waals surface area contributed by atoms with Crippen LogP contribution in [0.25, 0.3) is 0 Å². The number of anilines is 1. The number of nitrogens with zero attached hydrogens (tertiary/aromatic N) is 1. The van der Waals surface area contributed by atoms with Crippen molar-refractivity contribution in [2.75, 3.05) is 11.9 Å². The SMILES string of the molecule is O[C@H]1CC[C@@H](CNc2ccc(OC(F)(F)F)cn2)C1. The molecule has 7 heteroatoms. The second-order valence-corrected chi connectivity index (χ2v) is 4.64. The van der Waals surface area contributed by atoms with E-state index < -0.39 is 6.36 Å². The Hall–Kier alpha value is -1.50. The Morgan fingerprint density at radius 3 is 2.68 bits per heavy atom. The predicted molar refractivity (Wildman–Crippen MR) is 62.8 cm³/mol. The third kappa shape index (κ3) is 4.59. The third-order valence-corrected chi connectivity index (χ3v) is 3.06. The van der Waals surface area contributed by atoms with Gasteiger partial charge < -0.3 is 15.2 Å². The van der Waals surface area contributed by atoms with E-state index in [0.717, 1.165) is 25.5 Å². The number of rotatable bonds is 4. The smallest absolute Gasteiger partial charge is 0.404 e. The van der Waals surface area contributed by atoms with Crippen molar-refractivity contribution in [3.8, 4) is 5.75 Å². The topological polar surface area (TPSA) is 54.4 Å². The lowest BCUT2D eigenvalue weighted by Crippen LogP contribution is -2.17. The first kappa shape index (κ1) is 13.9. The molecule has 0 amide bonds. The molecule has 1 saturated carbocycles. The Labute approximate surface area is 108 Å². The van der Waals surface area contributed by atoms with Crippen LogP contribution >= 0.6 is 0 Å². The molecule has 1 heterocycles. The highest BCUT2D eigenvalue weighted by molar-refractivity contribution is 5.37. The number of hydrogen-bond donors (Lipinski definition) is 2. The van der Waals surface area contributed by atoms with E-state index in [1.165, 1.54) is 12.1 Å². The van der Waals surface area contributed by atoms with E-state index in [9.17, 15) is 18.3 Å². The van der Waals surface area contributed by atoms with Crippen LogP contribution in [0.3, 0.4) is 0 Å². The number of aromatic nitrogens is 1. The minimum Gasteiger partial charge on any atom is -0.404 e. The number of nitrogens with one attached hydrogen (secondary N) is 1. The minimum absolute atomic E-state index is 0.234. The van der Waals surface area contributed by atoms with Crippen molar-refractivity contribution in [3.05, 3.63) is 18.3 Å². The first-order chi connectivity index (χ1) is 8.92. The van der Waals surface area contributed by atoms with Gasteiger partial charge in [0.25, 0.3) is 0 Å². The molecule has 1 aromatic rings. The molecule has 19 heavy (non-hydrogen) atoms. The first-order valence-electron chi connectivity index (χ1n) is 6.06. The van der Waals surface area contributed by atoms with Crippen molar-refractivity contribution in [3.63, 3.8) is 0 Å². The van der Waals surface area contributed by atoms with E-state index >= 15 is 0 Å². The number of alkyl halides is 3. The molecule has 0 bridgehead atoms. The molecule has 2 rings (SSSR count). The summed E-state index contributed by atoms with van der Waals surface area (Å²) in [5.41, 5.74) is 0. The summed E-state index contributed by atoms with van der Waals surface area (Å²) in [5.74, 6) is 0.535. The summed E-state index contributed by atoms with van der Waals surface area (Å²) in [5, 5.41) is 12.4. The highest BCUT2D eigenvalue weighted by atomic mass is 19.4. The van der Waals surface area contributed by atoms with Crippen LogP contribution in [0.5, 0.6) is 5.75 Å². The minimum atomic E-state index is -4.70. The fourth-order valence-corrected chi connectivity index (χ4v) is 2.16. The van der Waals surface area contributed by atoms with Gasteiger partial charge in [-0.05, 0) is 37.3 Å². The Balaban J connectivity index is 1.82. The van der Waals surface area contributed by atoms with Crippen LogP contribution in [0.2, 0.25) is 0 Å². The Morgan fingerprint density at radius 1 is 1.37 bits per heavy atom. The van der Waals surface area contributed by atoms with Crippen LogP contribution in [0.15, 0.2) is 18.3 Å². The number of halogens is 3. The summed E-state index contributed by atoms with van der Waals surface area (Å²) in [4.78, 5) is 3.84. The summed E-state index contributed by atoms with van der Waals surface area (Å²) >= 11 is 0. The highest BCUT2D eigenvalue weighted by Crippen LogP contribution is 2.26. The van der Waals surface area contributed by atoms with E-state index in [-0.39, 0.29) is 11.9 Å². The molecule has 1 aliphatic carbocycles. The number of ether oxygens (including phenoxy) is 1. The third-order valence-electron chi connectivity index (χ3n) is 3.06. The summed E-state index contributed by atoms with van der Waals surface area (Å²) in [6, 6.07) is 2.65. The van der Waals surface area contributed by atoms with Gasteiger partial charge in [-0.3, -0.25) is 0 Å². The maximum atomic E-state index is 11.9. The lowest BCUT2D eigenvalue weighted by atomic mass is 10.1. The van der Waals surface area contributed by atoms with Crippen molar-refractivity contribution in [2.45, 2.75) is 31.7 Å². The average Bonchev–Trinajstić information content (AvgIpc) is 2.72. The van der Waals surface area contributed by atoms with Gasteiger partial charge in [-0.15, -0.1) is 13.2 Å². The van der Waals surface area contributed by atoms with Gasteiger partial charge in [0.1, 0.15) is 11.6 Å². The molecule has 0 saturated heterocycles. The van der Waals surface area contributed by atoms with Crippen LogP contribution in [0, 0.1) is 5.92 Å². The van der Waals surface area contributed by atoms with Gasteiger partial charge in [0.05, 0.1) is 12.3 Å². The van der Waals surface area contributed by atoms with Crippen molar-refractivity contribution in [2.24, 2.45) is 5.92 Å². The number of aliphatic hydroxyl groups is 1. The highest BCUT2D eigenvalue weighted by Gasteiger charge is 2.31. The van der Waals surface area contributed by atoms with E-state index in [4.69, 9.17) is 0 Å². The Kier molecular flexibility index (Phi) is 4.14. The fraction of sp³-hybridized carbons (Fsp3) is 0.583. The summed E-state index contributed by atoms with van der Waals surface area (Å²) < 4.78 is 39.6. The molecule has 0 spiro atoms. The number of hydrogen-bond acceptors (Lipinski definition) is 4. The molecule has 0 radical (unpaired) electrons. The van der Waals surface area contributed by atoms with Crippen molar-refractivity contribution < 1.29 is 23.0 Å². The standard InChI is InChI=1S/C12H15F3N2O2/c13-12(14,15)19-10-3-4-11(17-7-10)16-6-8-1-2-9(18)5-8/h3-4,7-9,18H,1-2,5-6H2,(H,16,17)/t8-,9+/m1/s1. The molecule has 2 atom stereocenters. The molecule has 0 unspecified atom stereocenters. The molecule has 4 nitrogen and oxygen atoms in total. The molecular formula is C12H15F3N2O2. The van der Waals surface area contributed by atoms with Crippen molar-refractivity contribution >= 4 is 5.82 Å². The molecular weight excluding hydrogens is 261 g/mol. The zero-order valence-electron chi connectivity index (χ0n) is 10.2. The number of aliphatic hydroxyl groups excluding tert-OH is 1. The summed E-state index contributed by atoms with van der Waals surface area (Å²) in [6.45, 7) is 0.656. The first-order valence-corrected chi connectivity index (χ1v) is 6.06. The quantitative estimate of drug-likeness (QED) is 0.887. The van der Waals surface area contributed by atoms with Gasteiger partial charge in [-0.1, -0.05) is 0 Å². The van der Waals surface area contributed by atoms with E-state index in [2.05, 4.69) is 15.0 Å². The van der Waals surface area contributed by atoms with E-state index in [0.29, 0.717) is 18.3 Å². The number of pyridine rings is 1. The maximum absolute atomic E-state index is 11.9. The lowest BCUT2D eigenvalue weighted by molar-refractivity contribution is -0.274. The zero-order chi connectivity index (χ0) is 13.9. The van der Waals surface area contributed by atoms with E-state index in [1.807, 2.05) is 0 Å².